The molecule has 1 atom stereocenters. The van der Waals surface area contributed by atoms with Crippen LogP contribution < -0.4 is 11.5 Å². The second kappa shape index (κ2) is 8.09. The zero-order chi connectivity index (χ0) is 20.8. The van der Waals surface area contributed by atoms with Crippen LogP contribution in [0, 0.1) is 0 Å². The van der Waals surface area contributed by atoms with Crippen LogP contribution >= 0.6 is 0 Å². The van der Waals surface area contributed by atoms with Crippen molar-refractivity contribution >= 4 is 21.4 Å². The topological polar surface area (TPSA) is 127 Å². The molecule has 0 saturated carbocycles. The molecule has 0 fully saturated rings. The number of rotatable bonds is 3. The van der Waals surface area contributed by atoms with Crippen LogP contribution in [0.2, 0.25) is 0 Å². The lowest BCUT2D eigenvalue weighted by Gasteiger charge is -2.17. The van der Waals surface area contributed by atoms with Crippen LogP contribution in [-0.4, -0.2) is 26.6 Å². The highest BCUT2D eigenvalue weighted by molar-refractivity contribution is 7.93. The molecule has 5 N–H and O–H groups in total. The van der Waals surface area contributed by atoms with E-state index in [9.17, 15) is 14.1 Å². The Morgan fingerprint density at radius 2 is 1.73 bits per heavy atom. The van der Waals surface area contributed by atoms with Crippen LogP contribution in [0.25, 0.3) is 0 Å². The minimum Gasteiger partial charge on any atom is -0.384 e. The van der Waals surface area contributed by atoms with Crippen molar-refractivity contribution in [3.63, 3.8) is 0 Å². The third-order valence-corrected chi connectivity index (χ3v) is 7.39. The van der Waals surface area contributed by atoms with Crippen molar-refractivity contribution in [2.75, 3.05) is 11.6 Å². The summed E-state index contributed by atoms with van der Waals surface area (Å²) in [7, 11) is -2.95. The van der Waals surface area contributed by atoms with E-state index in [1.54, 1.807) is 26.0 Å². The van der Waals surface area contributed by atoms with Gasteiger partial charge in [-0.2, -0.15) is 0 Å². The maximum Gasteiger partial charge on any atom is 0.353 e. The van der Waals surface area contributed by atoms with E-state index in [-0.39, 0.29) is 6.15 Å². The average molecular weight is 431 g/mol. The molecule has 7 nitrogen and oxygen atoms in total. The average Bonchev–Trinajstić information content (AvgIpc) is 3.29. The van der Waals surface area contributed by atoms with Crippen LogP contribution in [0.1, 0.15) is 54.6 Å². The fourth-order valence-corrected chi connectivity index (χ4v) is 5.31. The SMILES string of the molecule is CC(C)(O)c1ccc(S(C)(=O)=NC(=O)Nc2c3c(cc4c2CCC4)CCC3)cn1.N. The van der Waals surface area contributed by atoms with Crippen LogP contribution in [-0.2, 0) is 41.0 Å². The molecular weight excluding hydrogens is 400 g/mol. The molecule has 0 bridgehead atoms. The molecule has 2 amide bonds. The second-order valence-electron chi connectivity index (χ2n) is 8.50. The maximum absolute atomic E-state index is 13.1. The standard InChI is InChI=1S/C22H27N3O3S.H3N/c1-22(2,27)19-11-10-16(13-23-19)29(3,28)25-21(26)24-20-17-8-4-6-14(17)12-15-7-5-9-18(15)20;/h10-13,27H,4-9H2,1-3H3,(H,24,26);1H3. The first-order valence-corrected chi connectivity index (χ1v) is 12.0. The Bertz CT molecular complexity index is 1060. The predicted octanol–water partition coefficient (Wildman–Crippen LogP) is 4.14. The highest BCUT2D eigenvalue weighted by atomic mass is 32.2. The van der Waals surface area contributed by atoms with Gasteiger partial charge in [0, 0.05) is 18.1 Å². The Hall–Kier alpha value is -2.29. The van der Waals surface area contributed by atoms with Crippen molar-refractivity contribution < 1.29 is 14.1 Å². The lowest BCUT2D eigenvalue weighted by atomic mass is 9.99. The number of benzene rings is 1. The Morgan fingerprint density at radius 1 is 1.13 bits per heavy atom. The summed E-state index contributed by atoms with van der Waals surface area (Å²) >= 11 is 0. The van der Waals surface area contributed by atoms with Gasteiger partial charge >= 0.3 is 6.03 Å². The smallest absolute Gasteiger partial charge is 0.353 e. The third kappa shape index (κ3) is 4.26. The van der Waals surface area contributed by atoms with E-state index >= 15 is 0 Å². The van der Waals surface area contributed by atoms with Crippen molar-refractivity contribution in [2.45, 2.75) is 62.9 Å². The highest BCUT2D eigenvalue weighted by Crippen LogP contribution is 2.38. The predicted molar refractivity (Wildman–Crippen MR) is 119 cm³/mol. The number of hydrogen-bond donors (Lipinski definition) is 3. The zero-order valence-electron chi connectivity index (χ0n) is 17.8. The van der Waals surface area contributed by atoms with E-state index in [0.717, 1.165) is 44.2 Å². The van der Waals surface area contributed by atoms with Crippen molar-refractivity contribution in [1.29, 1.82) is 0 Å². The number of urea groups is 1. The molecular formula is C22H30N4O3S. The number of fused-ring (bicyclic) bond motifs is 2. The number of nitrogens with one attached hydrogen (secondary N) is 1. The number of aliphatic hydroxyl groups is 1. The minimum absolute atomic E-state index is 0. The van der Waals surface area contributed by atoms with Crippen LogP contribution in [0.3, 0.4) is 0 Å². The summed E-state index contributed by atoms with van der Waals surface area (Å²) in [6, 6.07) is 4.94. The summed E-state index contributed by atoms with van der Waals surface area (Å²) in [5.74, 6) is 0. The molecule has 8 heteroatoms. The normalized spacial score (nSPS) is 16.8. The molecule has 1 aromatic heterocycles. The fourth-order valence-electron chi connectivity index (χ4n) is 4.27. The first-order chi connectivity index (χ1) is 13.6. The van der Waals surface area contributed by atoms with Gasteiger partial charge in [-0.15, -0.1) is 4.36 Å². The largest absolute Gasteiger partial charge is 0.384 e. The summed E-state index contributed by atoms with van der Waals surface area (Å²) in [4.78, 5) is 17.3. The van der Waals surface area contributed by atoms with Crippen molar-refractivity contribution in [3.05, 3.63) is 52.3 Å². The summed E-state index contributed by atoms with van der Waals surface area (Å²) in [5, 5.41) is 13.0. The van der Waals surface area contributed by atoms with Gasteiger partial charge < -0.3 is 16.6 Å². The number of carbonyl (C=O) groups is 1. The molecule has 0 aliphatic heterocycles. The quantitative estimate of drug-likeness (QED) is 0.674. The first kappa shape index (κ1) is 22.4. The molecule has 1 unspecified atom stereocenters. The van der Waals surface area contributed by atoms with Crippen LogP contribution in [0.4, 0.5) is 10.5 Å². The van der Waals surface area contributed by atoms with Crippen LogP contribution in [0.15, 0.2) is 33.7 Å². The highest BCUT2D eigenvalue weighted by Gasteiger charge is 2.25. The summed E-state index contributed by atoms with van der Waals surface area (Å²) in [6.07, 6.45) is 9.07. The van der Waals surface area contributed by atoms with E-state index in [1.165, 1.54) is 34.7 Å². The van der Waals surface area contributed by atoms with Gasteiger partial charge in [0.15, 0.2) is 0 Å². The lowest BCUT2D eigenvalue weighted by molar-refractivity contribution is 0.0737. The number of aryl methyl sites for hydroxylation is 2. The van der Waals surface area contributed by atoms with E-state index in [0.29, 0.717) is 10.6 Å². The molecule has 2 aliphatic rings. The number of nitrogens with zero attached hydrogens (tertiary/aromatic N) is 2. The number of pyridine rings is 1. The lowest BCUT2D eigenvalue weighted by Crippen LogP contribution is -2.18. The third-order valence-electron chi connectivity index (χ3n) is 5.76. The van der Waals surface area contributed by atoms with Crippen molar-refractivity contribution in [3.8, 4) is 0 Å². The molecule has 2 aromatic rings. The van der Waals surface area contributed by atoms with Gasteiger partial charge in [-0.3, -0.25) is 4.98 Å². The summed E-state index contributed by atoms with van der Waals surface area (Å²) in [6.45, 7) is 3.26. The number of carbonyl (C=O) groups excluding carboxylic acids is 1. The van der Waals surface area contributed by atoms with Gasteiger partial charge in [-0.25, -0.2) is 9.00 Å². The van der Waals surface area contributed by atoms with Gasteiger partial charge in [-0.1, -0.05) is 6.07 Å². The molecule has 30 heavy (non-hydrogen) atoms. The molecule has 1 heterocycles. The minimum atomic E-state index is -2.95. The van der Waals surface area contributed by atoms with Gasteiger partial charge in [0.2, 0.25) is 0 Å². The van der Waals surface area contributed by atoms with Gasteiger partial charge in [0.25, 0.3) is 0 Å². The molecule has 2 aliphatic carbocycles. The molecule has 1 aromatic carbocycles. The van der Waals surface area contributed by atoms with E-state index in [2.05, 4.69) is 20.7 Å². The molecule has 0 spiro atoms. The molecule has 162 valence electrons. The zero-order valence-corrected chi connectivity index (χ0v) is 18.6. The number of aromatic nitrogens is 1. The molecule has 4 rings (SSSR count). The Morgan fingerprint density at radius 3 is 2.23 bits per heavy atom. The van der Waals surface area contributed by atoms with Crippen molar-refractivity contribution in [2.24, 2.45) is 4.36 Å². The van der Waals surface area contributed by atoms with E-state index < -0.39 is 21.4 Å². The summed E-state index contributed by atoms with van der Waals surface area (Å²) in [5.41, 5.74) is 5.36. The molecule has 0 saturated heterocycles. The van der Waals surface area contributed by atoms with E-state index in [1.807, 2.05) is 0 Å². The monoisotopic (exact) mass is 430 g/mol. The Balaban J connectivity index is 0.00000256. The number of anilines is 1. The Labute approximate surface area is 178 Å². The summed E-state index contributed by atoms with van der Waals surface area (Å²) < 4.78 is 17.1. The Kier molecular flexibility index (Phi) is 6.04. The van der Waals surface area contributed by atoms with Crippen LogP contribution in [0.5, 0.6) is 0 Å². The van der Waals surface area contributed by atoms with Gasteiger partial charge in [0.05, 0.1) is 20.3 Å². The number of hydrogen-bond acceptors (Lipinski definition) is 5. The van der Waals surface area contributed by atoms with Gasteiger partial charge in [-0.05, 0) is 86.8 Å². The number of amides is 2. The van der Waals surface area contributed by atoms with Gasteiger partial charge in [0.1, 0.15) is 5.60 Å². The van der Waals surface area contributed by atoms with E-state index in [4.69, 9.17) is 0 Å². The van der Waals surface area contributed by atoms with Crippen molar-refractivity contribution in [1.82, 2.24) is 11.1 Å². The molecule has 0 radical (unpaired) electrons. The second-order valence-corrected chi connectivity index (χ2v) is 10.8. The fraction of sp³-hybridized carbons (Fsp3) is 0.455. The maximum atomic E-state index is 13.1. The first-order valence-electron chi connectivity index (χ1n) is 10.0.